The summed E-state index contributed by atoms with van der Waals surface area (Å²) in [6.07, 6.45) is 3.63. The van der Waals surface area contributed by atoms with Gasteiger partial charge in [0.1, 0.15) is 0 Å². The summed E-state index contributed by atoms with van der Waals surface area (Å²) in [6, 6.07) is 2.22. The van der Waals surface area contributed by atoms with Crippen LogP contribution in [0.1, 0.15) is 43.5 Å². The number of hydrogen-bond donors (Lipinski definition) is 1. The normalized spacial score (nSPS) is 29.0. The summed E-state index contributed by atoms with van der Waals surface area (Å²) in [5, 5.41) is 5.07. The molecule has 1 aromatic rings. The molecule has 4 heteroatoms. The highest BCUT2D eigenvalue weighted by molar-refractivity contribution is 9.11. The zero-order valence-electron chi connectivity index (χ0n) is 10.2. The molecular formula is C13H18BrNOS. The van der Waals surface area contributed by atoms with Gasteiger partial charge in [0, 0.05) is 11.4 Å². The summed E-state index contributed by atoms with van der Waals surface area (Å²) in [7, 11) is 0. The van der Waals surface area contributed by atoms with Gasteiger partial charge >= 0.3 is 0 Å². The van der Waals surface area contributed by atoms with Crippen LogP contribution >= 0.6 is 27.3 Å². The Morgan fingerprint density at radius 2 is 2.24 bits per heavy atom. The van der Waals surface area contributed by atoms with Crippen molar-refractivity contribution in [3.05, 3.63) is 20.8 Å². The van der Waals surface area contributed by atoms with Gasteiger partial charge in [-0.1, -0.05) is 26.7 Å². The molecule has 3 unspecified atom stereocenters. The predicted molar refractivity (Wildman–Crippen MR) is 75.5 cm³/mol. The molecule has 1 heterocycles. The Bertz CT molecular complexity index is 404. The Hall–Kier alpha value is -0.350. The van der Waals surface area contributed by atoms with Crippen molar-refractivity contribution in [3.8, 4) is 0 Å². The molecule has 1 aliphatic rings. The minimum Gasteiger partial charge on any atom is -0.349 e. The van der Waals surface area contributed by atoms with Crippen LogP contribution in [0.2, 0.25) is 0 Å². The largest absolute Gasteiger partial charge is 0.349 e. The van der Waals surface area contributed by atoms with Crippen LogP contribution in [0.15, 0.2) is 15.2 Å². The molecule has 1 aliphatic carbocycles. The lowest BCUT2D eigenvalue weighted by Crippen LogP contribution is -2.43. The molecule has 2 rings (SSSR count). The maximum absolute atomic E-state index is 12.1. The van der Waals surface area contributed by atoms with Gasteiger partial charge in [0.05, 0.1) is 9.35 Å². The van der Waals surface area contributed by atoms with Gasteiger partial charge in [-0.2, -0.15) is 0 Å². The highest BCUT2D eigenvalue weighted by atomic mass is 79.9. The number of rotatable bonds is 2. The minimum atomic E-state index is 0.0675. The van der Waals surface area contributed by atoms with Gasteiger partial charge in [-0.15, -0.1) is 11.3 Å². The number of thiophene rings is 1. The van der Waals surface area contributed by atoms with Gasteiger partial charge in [-0.3, -0.25) is 4.79 Å². The van der Waals surface area contributed by atoms with Crippen LogP contribution in [0.4, 0.5) is 0 Å². The summed E-state index contributed by atoms with van der Waals surface area (Å²) in [6.45, 7) is 4.53. The quantitative estimate of drug-likeness (QED) is 0.876. The first kappa shape index (κ1) is 13.1. The molecule has 0 aromatic carbocycles. The highest BCUT2D eigenvalue weighted by Crippen LogP contribution is 2.30. The summed E-state index contributed by atoms with van der Waals surface area (Å²) >= 11 is 4.94. The summed E-state index contributed by atoms with van der Waals surface area (Å²) in [4.78, 5) is 12.1. The zero-order chi connectivity index (χ0) is 12.4. The van der Waals surface area contributed by atoms with Crippen LogP contribution in [-0.4, -0.2) is 11.9 Å². The van der Waals surface area contributed by atoms with Crippen molar-refractivity contribution in [3.63, 3.8) is 0 Å². The van der Waals surface area contributed by atoms with E-state index in [4.69, 9.17) is 0 Å². The van der Waals surface area contributed by atoms with Gasteiger partial charge in [0.2, 0.25) is 0 Å². The van der Waals surface area contributed by atoms with Crippen LogP contribution < -0.4 is 5.32 Å². The van der Waals surface area contributed by atoms with Crippen molar-refractivity contribution < 1.29 is 4.79 Å². The van der Waals surface area contributed by atoms with Crippen LogP contribution in [0, 0.1) is 11.8 Å². The third-order valence-corrected chi connectivity index (χ3v) is 5.36. The van der Waals surface area contributed by atoms with E-state index < -0.39 is 0 Å². The van der Waals surface area contributed by atoms with Crippen molar-refractivity contribution in [1.29, 1.82) is 0 Å². The standard InChI is InChI=1S/C13H18BrNOS/c1-8-4-3-5-11(9(8)2)15-13(16)10-6-12(14)17-7-10/h6-9,11H,3-5H2,1-2H3,(H,15,16). The Morgan fingerprint density at radius 3 is 2.88 bits per heavy atom. The monoisotopic (exact) mass is 315 g/mol. The molecule has 0 radical (unpaired) electrons. The molecule has 0 bridgehead atoms. The average molecular weight is 316 g/mol. The third kappa shape index (κ3) is 3.10. The second-order valence-corrected chi connectivity index (χ2v) is 7.28. The van der Waals surface area contributed by atoms with Crippen molar-refractivity contribution >= 4 is 33.2 Å². The number of carbonyl (C=O) groups excluding carboxylic acids is 1. The van der Waals surface area contributed by atoms with E-state index >= 15 is 0 Å². The van der Waals surface area contributed by atoms with Crippen molar-refractivity contribution in [2.75, 3.05) is 0 Å². The molecule has 0 saturated heterocycles. The highest BCUT2D eigenvalue weighted by Gasteiger charge is 2.28. The van der Waals surface area contributed by atoms with E-state index in [0.29, 0.717) is 17.9 Å². The van der Waals surface area contributed by atoms with Crippen molar-refractivity contribution in [2.24, 2.45) is 11.8 Å². The molecule has 1 aromatic heterocycles. The minimum absolute atomic E-state index is 0.0675. The van der Waals surface area contributed by atoms with Gasteiger partial charge in [0.15, 0.2) is 0 Å². The Balaban J connectivity index is 1.98. The molecule has 17 heavy (non-hydrogen) atoms. The van der Waals surface area contributed by atoms with E-state index in [0.717, 1.165) is 15.8 Å². The fourth-order valence-electron chi connectivity index (χ4n) is 2.47. The smallest absolute Gasteiger partial charge is 0.252 e. The molecule has 94 valence electrons. The van der Waals surface area contributed by atoms with E-state index in [9.17, 15) is 4.79 Å². The van der Waals surface area contributed by atoms with Gasteiger partial charge in [-0.05, 0) is 40.3 Å². The Kier molecular flexibility index (Phi) is 4.26. The lowest BCUT2D eigenvalue weighted by atomic mass is 9.78. The number of carbonyl (C=O) groups is 1. The van der Waals surface area contributed by atoms with Crippen LogP contribution in [0.5, 0.6) is 0 Å². The lowest BCUT2D eigenvalue weighted by Gasteiger charge is -2.34. The molecule has 0 aliphatic heterocycles. The first-order chi connectivity index (χ1) is 8.08. The van der Waals surface area contributed by atoms with Crippen LogP contribution in [0.25, 0.3) is 0 Å². The van der Waals surface area contributed by atoms with Crippen molar-refractivity contribution in [1.82, 2.24) is 5.32 Å². The topological polar surface area (TPSA) is 29.1 Å². The third-order valence-electron chi connectivity index (χ3n) is 3.85. The molecule has 1 amide bonds. The second kappa shape index (κ2) is 5.53. The van der Waals surface area contributed by atoms with Crippen LogP contribution in [-0.2, 0) is 0 Å². The van der Waals surface area contributed by atoms with E-state index in [1.165, 1.54) is 12.8 Å². The molecule has 3 atom stereocenters. The average Bonchev–Trinajstić information content (AvgIpc) is 2.72. The summed E-state index contributed by atoms with van der Waals surface area (Å²) < 4.78 is 1.01. The van der Waals surface area contributed by atoms with Gasteiger partial charge in [-0.25, -0.2) is 0 Å². The fourth-order valence-corrected chi connectivity index (χ4v) is 3.60. The lowest BCUT2D eigenvalue weighted by molar-refractivity contribution is 0.0891. The number of nitrogens with one attached hydrogen (secondary N) is 1. The molecule has 1 N–H and O–H groups in total. The summed E-state index contributed by atoms with van der Waals surface area (Å²) in [5.41, 5.74) is 0.771. The van der Waals surface area contributed by atoms with E-state index in [-0.39, 0.29) is 5.91 Å². The maximum Gasteiger partial charge on any atom is 0.252 e. The SMILES string of the molecule is CC1CCCC(NC(=O)c2csc(Br)c2)C1C. The maximum atomic E-state index is 12.1. The van der Waals surface area contributed by atoms with E-state index in [2.05, 4.69) is 35.1 Å². The number of halogens is 1. The predicted octanol–water partition coefficient (Wildman–Crippen LogP) is 4.07. The number of hydrogen-bond acceptors (Lipinski definition) is 2. The van der Waals surface area contributed by atoms with E-state index in [1.54, 1.807) is 11.3 Å². The molecule has 0 spiro atoms. The first-order valence-corrected chi connectivity index (χ1v) is 7.80. The van der Waals surface area contributed by atoms with Crippen LogP contribution in [0.3, 0.4) is 0 Å². The molecule has 1 fully saturated rings. The van der Waals surface area contributed by atoms with E-state index in [1.807, 2.05) is 11.4 Å². The molecule has 2 nitrogen and oxygen atoms in total. The Labute approximate surface area is 115 Å². The zero-order valence-corrected chi connectivity index (χ0v) is 12.6. The summed E-state index contributed by atoms with van der Waals surface area (Å²) in [5.74, 6) is 1.36. The number of amides is 1. The molecular weight excluding hydrogens is 298 g/mol. The van der Waals surface area contributed by atoms with Crippen molar-refractivity contribution in [2.45, 2.75) is 39.2 Å². The van der Waals surface area contributed by atoms with Gasteiger partial charge in [0.25, 0.3) is 5.91 Å². The Morgan fingerprint density at radius 1 is 1.47 bits per heavy atom. The second-order valence-electron chi connectivity index (χ2n) is 4.99. The fraction of sp³-hybridized carbons (Fsp3) is 0.615. The van der Waals surface area contributed by atoms with Gasteiger partial charge < -0.3 is 5.32 Å². The molecule has 1 saturated carbocycles. The first-order valence-electron chi connectivity index (χ1n) is 6.13.